The number of anilines is 2. The standard InChI is InChI=1S/C20H20FN5O/c1-25-14-8-15(25)10-16(9-14)26-19(27)17-7-12(21)4-5-18(17)24-20(26)23-13-3-2-6-22-11-13/h2-7,11,14-16H,8-10H2,1H3,(H,23,24)/t14-,15?,16+/m0/s1. The average molecular weight is 365 g/mol. The van der Waals surface area contributed by atoms with Gasteiger partial charge in [-0.2, -0.15) is 0 Å². The summed E-state index contributed by atoms with van der Waals surface area (Å²) >= 11 is 0. The first kappa shape index (κ1) is 16.4. The van der Waals surface area contributed by atoms with Gasteiger partial charge in [0.25, 0.3) is 5.56 Å². The van der Waals surface area contributed by atoms with E-state index >= 15 is 0 Å². The number of piperidine rings is 1. The quantitative estimate of drug-likeness (QED) is 0.773. The molecule has 27 heavy (non-hydrogen) atoms. The third-order valence-electron chi connectivity index (χ3n) is 5.93. The molecule has 0 amide bonds. The molecule has 7 heteroatoms. The fourth-order valence-corrected chi connectivity index (χ4v) is 4.43. The Bertz CT molecular complexity index is 1060. The zero-order chi connectivity index (χ0) is 18.5. The van der Waals surface area contributed by atoms with Gasteiger partial charge in [-0.05, 0) is 56.6 Å². The van der Waals surface area contributed by atoms with Crippen LogP contribution in [0.5, 0.6) is 0 Å². The zero-order valence-corrected chi connectivity index (χ0v) is 15.0. The molecular formula is C20H20FN5O. The smallest absolute Gasteiger partial charge is 0.263 e. The van der Waals surface area contributed by atoms with Crippen LogP contribution < -0.4 is 10.9 Å². The molecule has 138 valence electrons. The highest BCUT2D eigenvalue weighted by molar-refractivity contribution is 5.79. The highest BCUT2D eigenvalue weighted by Crippen LogP contribution is 2.42. The number of hydrogen-bond donors (Lipinski definition) is 1. The van der Waals surface area contributed by atoms with Crippen LogP contribution in [0.25, 0.3) is 10.9 Å². The van der Waals surface area contributed by atoms with Gasteiger partial charge in [0.1, 0.15) is 5.82 Å². The molecule has 1 N–H and O–H groups in total. The Morgan fingerprint density at radius 2 is 1.93 bits per heavy atom. The molecule has 2 bridgehead atoms. The van der Waals surface area contributed by atoms with Gasteiger partial charge in [0, 0.05) is 24.3 Å². The van der Waals surface area contributed by atoms with E-state index in [4.69, 9.17) is 0 Å². The van der Waals surface area contributed by atoms with Crippen molar-refractivity contribution < 1.29 is 4.39 Å². The molecule has 2 aromatic heterocycles. The van der Waals surface area contributed by atoms with Crippen LogP contribution in [0.15, 0.2) is 47.5 Å². The van der Waals surface area contributed by atoms with E-state index in [0.717, 1.165) is 18.5 Å². The lowest BCUT2D eigenvalue weighted by Crippen LogP contribution is -2.59. The van der Waals surface area contributed by atoms with Gasteiger partial charge in [0.15, 0.2) is 0 Å². The van der Waals surface area contributed by atoms with Gasteiger partial charge in [0.2, 0.25) is 5.95 Å². The Morgan fingerprint density at radius 1 is 1.15 bits per heavy atom. The van der Waals surface area contributed by atoms with Crippen molar-refractivity contribution >= 4 is 22.5 Å². The first-order valence-corrected chi connectivity index (χ1v) is 9.21. The predicted molar refractivity (Wildman–Crippen MR) is 102 cm³/mol. The Hall–Kier alpha value is -2.80. The van der Waals surface area contributed by atoms with Gasteiger partial charge < -0.3 is 10.2 Å². The van der Waals surface area contributed by atoms with Crippen molar-refractivity contribution in [3.05, 3.63) is 58.9 Å². The fraction of sp³-hybridized carbons (Fsp3) is 0.350. The Kier molecular flexibility index (Phi) is 3.72. The lowest BCUT2D eigenvalue weighted by molar-refractivity contribution is -0.0266. The van der Waals surface area contributed by atoms with Gasteiger partial charge in [-0.3, -0.25) is 14.3 Å². The number of aromatic nitrogens is 3. The van der Waals surface area contributed by atoms with Crippen LogP contribution in [0.1, 0.15) is 25.3 Å². The molecule has 3 aliphatic rings. The number of rotatable bonds is 3. The van der Waals surface area contributed by atoms with Gasteiger partial charge in [-0.1, -0.05) is 0 Å². The average Bonchev–Trinajstić information content (AvgIpc) is 2.69. The molecule has 2 aliphatic heterocycles. The van der Waals surface area contributed by atoms with Crippen LogP contribution in [0, 0.1) is 5.82 Å². The second-order valence-corrected chi connectivity index (χ2v) is 7.47. The number of nitrogens with zero attached hydrogens (tertiary/aromatic N) is 4. The summed E-state index contributed by atoms with van der Waals surface area (Å²) in [5.41, 5.74) is 1.06. The van der Waals surface area contributed by atoms with E-state index in [1.54, 1.807) is 23.0 Å². The summed E-state index contributed by atoms with van der Waals surface area (Å²) in [5.74, 6) is 0.0632. The maximum Gasteiger partial charge on any atom is 0.263 e. The maximum atomic E-state index is 13.8. The Balaban J connectivity index is 1.65. The highest BCUT2D eigenvalue weighted by Gasteiger charge is 2.44. The summed E-state index contributed by atoms with van der Waals surface area (Å²) in [5, 5.41) is 3.56. The van der Waals surface area contributed by atoms with E-state index in [1.807, 2.05) is 12.1 Å². The lowest BCUT2D eigenvalue weighted by Gasteiger charge is -2.54. The molecule has 1 aliphatic carbocycles. The molecule has 0 radical (unpaired) electrons. The molecule has 3 fully saturated rings. The molecule has 2 saturated heterocycles. The number of pyridine rings is 1. The topological polar surface area (TPSA) is 63.1 Å². The fourth-order valence-electron chi connectivity index (χ4n) is 4.43. The predicted octanol–water partition coefficient (Wildman–Crippen LogP) is 3.08. The van der Waals surface area contributed by atoms with Crippen LogP contribution in [-0.2, 0) is 0 Å². The van der Waals surface area contributed by atoms with Crippen molar-refractivity contribution in [1.82, 2.24) is 19.4 Å². The lowest BCUT2D eigenvalue weighted by atomic mass is 9.77. The molecule has 1 aromatic carbocycles. The van der Waals surface area contributed by atoms with Gasteiger partial charge in [0.05, 0.1) is 22.8 Å². The number of benzene rings is 1. The zero-order valence-electron chi connectivity index (χ0n) is 15.0. The first-order valence-electron chi connectivity index (χ1n) is 9.21. The van der Waals surface area contributed by atoms with Crippen LogP contribution in [0.2, 0.25) is 0 Å². The van der Waals surface area contributed by atoms with Gasteiger partial charge >= 0.3 is 0 Å². The third-order valence-corrected chi connectivity index (χ3v) is 5.93. The van der Waals surface area contributed by atoms with Crippen molar-refractivity contribution in [2.24, 2.45) is 0 Å². The number of fused-ring (bicyclic) bond motifs is 3. The number of hydrogen-bond acceptors (Lipinski definition) is 5. The Labute approximate surface area is 155 Å². The van der Waals surface area contributed by atoms with Gasteiger partial charge in [-0.15, -0.1) is 0 Å². The summed E-state index contributed by atoms with van der Waals surface area (Å²) < 4.78 is 15.5. The van der Waals surface area contributed by atoms with E-state index in [2.05, 4.69) is 27.2 Å². The highest BCUT2D eigenvalue weighted by atomic mass is 19.1. The van der Waals surface area contributed by atoms with Crippen molar-refractivity contribution in [3.63, 3.8) is 0 Å². The van der Waals surface area contributed by atoms with Crippen molar-refractivity contribution in [2.45, 2.75) is 37.4 Å². The summed E-state index contributed by atoms with van der Waals surface area (Å²) in [6.07, 6.45) is 6.37. The second-order valence-electron chi connectivity index (χ2n) is 7.47. The summed E-state index contributed by atoms with van der Waals surface area (Å²) in [7, 11) is 2.14. The molecule has 6 rings (SSSR count). The molecule has 3 atom stereocenters. The van der Waals surface area contributed by atoms with E-state index in [0.29, 0.717) is 28.9 Å². The largest absolute Gasteiger partial charge is 0.324 e. The third kappa shape index (κ3) is 2.70. The monoisotopic (exact) mass is 365 g/mol. The molecule has 6 nitrogen and oxygen atoms in total. The normalized spacial score (nSPS) is 24.6. The maximum absolute atomic E-state index is 13.8. The molecule has 0 spiro atoms. The van der Waals surface area contributed by atoms with E-state index in [1.165, 1.54) is 18.6 Å². The van der Waals surface area contributed by atoms with Gasteiger partial charge in [-0.25, -0.2) is 9.37 Å². The summed E-state index contributed by atoms with van der Waals surface area (Å²) in [6, 6.07) is 8.91. The molecule has 3 aromatic rings. The number of nitrogens with one attached hydrogen (secondary N) is 1. The molecule has 4 heterocycles. The van der Waals surface area contributed by atoms with Crippen molar-refractivity contribution in [3.8, 4) is 0 Å². The van der Waals surface area contributed by atoms with Crippen LogP contribution in [-0.4, -0.2) is 38.6 Å². The van der Waals surface area contributed by atoms with Crippen LogP contribution >= 0.6 is 0 Å². The second kappa shape index (κ2) is 6.13. The SMILES string of the molecule is CN1C2C[C@H]1C[C@@H](n1c(Nc3cccnc3)nc3ccc(F)cc3c1=O)C2. The first-order chi connectivity index (χ1) is 13.1. The minimum Gasteiger partial charge on any atom is -0.324 e. The minimum atomic E-state index is -0.424. The summed E-state index contributed by atoms with van der Waals surface area (Å²) in [4.78, 5) is 24.4. The van der Waals surface area contributed by atoms with Crippen LogP contribution in [0.3, 0.4) is 0 Å². The molecule has 1 saturated carbocycles. The summed E-state index contributed by atoms with van der Waals surface area (Å²) in [6.45, 7) is 0. The van der Waals surface area contributed by atoms with E-state index in [-0.39, 0.29) is 11.6 Å². The van der Waals surface area contributed by atoms with E-state index < -0.39 is 5.82 Å². The van der Waals surface area contributed by atoms with Crippen LogP contribution in [0.4, 0.5) is 16.0 Å². The van der Waals surface area contributed by atoms with E-state index in [9.17, 15) is 9.18 Å². The number of halogens is 1. The van der Waals surface area contributed by atoms with Crippen molar-refractivity contribution in [2.75, 3.05) is 12.4 Å². The molecular weight excluding hydrogens is 345 g/mol. The Morgan fingerprint density at radius 3 is 2.63 bits per heavy atom. The van der Waals surface area contributed by atoms with Crippen molar-refractivity contribution in [1.29, 1.82) is 0 Å². The molecule has 1 unspecified atom stereocenters. The minimum absolute atomic E-state index is 0.0526.